The SMILES string of the molecule is COC(=O)c1c(C)c(C(=O)C(C)N(Cc2ccc(F)cc2)C(=O)c2ccco2)c(C)n1C. The molecule has 3 rings (SSSR count). The maximum atomic E-state index is 13.6. The average molecular weight is 440 g/mol. The van der Waals surface area contributed by atoms with Crippen LogP contribution in [0, 0.1) is 19.7 Å². The highest BCUT2D eigenvalue weighted by Gasteiger charge is 2.33. The largest absolute Gasteiger partial charge is 0.464 e. The molecule has 0 aliphatic rings. The van der Waals surface area contributed by atoms with Crippen LogP contribution in [0.4, 0.5) is 4.39 Å². The van der Waals surface area contributed by atoms with Crippen molar-refractivity contribution < 1.29 is 27.9 Å². The molecule has 0 spiro atoms. The second-order valence-corrected chi connectivity index (χ2v) is 7.56. The normalized spacial score (nSPS) is 11.8. The van der Waals surface area contributed by atoms with Gasteiger partial charge in [-0.05, 0) is 56.2 Å². The number of aromatic nitrogens is 1. The first-order valence-corrected chi connectivity index (χ1v) is 10.0. The molecule has 0 N–H and O–H groups in total. The van der Waals surface area contributed by atoms with Crippen molar-refractivity contribution in [2.75, 3.05) is 7.11 Å². The van der Waals surface area contributed by atoms with Crippen LogP contribution in [0.1, 0.15) is 55.1 Å². The fourth-order valence-electron chi connectivity index (χ4n) is 3.79. The third kappa shape index (κ3) is 4.21. The number of carbonyl (C=O) groups excluding carboxylic acids is 3. The smallest absolute Gasteiger partial charge is 0.354 e. The molecule has 168 valence electrons. The van der Waals surface area contributed by atoms with Gasteiger partial charge in [0.15, 0.2) is 11.5 Å². The Morgan fingerprint density at radius 3 is 2.38 bits per heavy atom. The number of esters is 1. The van der Waals surface area contributed by atoms with Crippen LogP contribution < -0.4 is 0 Å². The van der Waals surface area contributed by atoms with E-state index in [1.807, 2.05) is 0 Å². The summed E-state index contributed by atoms with van der Waals surface area (Å²) in [5, 5.41) is 0. The van der Waals surface area contributed by atoms with Gasteiger partial charge >= 0.3 is 5.97 Å². The van der Waals surface area contributed by atoms with E-state index in [2.05, 4.69) is 0 Å². The monoisotopic (exact) mass is 440 g/mol. The minimum atomic E-state index is -0.886. The quantitative estimate of drug-likeness (QED) is 0.409. The maximum Gasteiger partial charge on any atom is 0.354 e. The molecule has 0 aliphatic carbocycles. The predicted molar refractivity (Wildman–Crippen MR) is 115 cm³/mol. The summed E-state index contributed by atoms with van der Waals surface area (Å²) < 4.78 is 25.1. The molecular formula is C24H25FN2O5. The molecule has 3 aromatic rings. The lowest BCUT2D eigenvalue weighted by Crippen LogP contribution is -2.43. The summed E-state index contributed by atoms with van der Waals surface area (Å²) in [6.07, 6.45) is 1.38. The van der Waals surface area contributed by atoms with Crippen LogP contribution in [0.3, 0.4) is 0 Å². The number of ether oxygens (including phenoxy) is 1. The number of hydrogen-bond acceptors (Lipinski definition) is 5. The van der Waals surface area contributed by atoms with E-state index in [1.54, 1.807) is 50.6 Å². The number of benzene rings is 1. The van der Waals surface area contributed by atoms with Crippen molar-refractivity contribution >= 4 is 17.7 Å². The van der Waals surface area contributed by atoms with Crippen LogP contribution >= 0.6 is 0 Å². The lowest BCUT2D eigenvalue weighted by molar-refractivity contribution is 0.0582. The second kappa shape index (κ2) is 9.21. The van der Waals surface area contributed by atoms with Crippen LogP contribution in [0.2, 0.25) is 0 Å². The molecule has 0 aliphatic heterocycles. The van der Waals surface area contributed by atoms with Crippen molar-refractivity contribution in [2.24, 2.45) is 7.05 Å². The van der Waals surface area contributed by atoms with Crippen molar-refractivity contribution in [3.8, 4) is 0 Å². The first-order chi connectivity index (χ1) is 15.2. The van der Waals surface area contributed by atoms with E-state index in [0.717, 1.165) is 0 Å². The van der Waals surface area contributed by atoms with Crippen molar-refractivity contribution in [3.63, 3.8) is 0 Å². The Hall–Kier alpha value is -3.68. The summed E-state index contributed by atoms with van der Waals surface area (Å²) in [7, 11) is 2.96. The lowest BCUT2D eigenvalue weighted by atomic mass is 9.99. The van der Waals surface area contributed by atoms with Gasteiger partial charge in [-0.2, -0.15) is 0 Å². The van der Waals surface area contributed by atoms with Gasteiger partial charge in [-0.3, -0.25) is 9.59 Å². The molecule has 1 unspecified atom stereocenters. The van der Waals surface area contributed by atoms with E-state index < -0.39 is 23.7 Å². The van der Waals surface area contributed by atoms with Gasteiger partial charge in [0.05, 0.1) is 19.4 Å². The fraction of sp³-hybridized carbons (Fsp3) is 0.292. The van der Waals surface area contributed by atoms with Gasteiger partial charge in [0.25, 0.3) is 5.91 Å². The van der Waals surface area contributed by atoms with Crippen molar-refractivity contribution in [1.82, 2.24) is 9.47 Å². The molecule has 1 atom stereocenters. The summed E-state index contributed by atoms with van der Waals surface area (Å²) in [6, 6.07) is 7.93. The first-order valence-electron chi connectivity index (χ1n) is 10.0. The summed E-state index contributed by atoms with van der Waals surface area (Å²) in [5.41, 5.74) is 2.37. The molecule has 0 bridgehead atoms. The van der Waals surface area contributed by atoms with Crippen LogP contribution in [-0.2, 0) is 18.3 Å². The highest BCUT2D eigenvalue weighted by molar-refractivity contribution is 6.07. The molecule has 0 saturated carbocycles. The number of hydrogen-bond donors (Lipinski definition) is 0. The number of methoxy groups -OCH3 is 1. The molecule has 0 fully saturated rings. The van der Waals surface area contributed by atoms with Crippen molar-refractivity contribution in [3.05, 3.63) is 82.3 Å². The Labute approximate surface area is 185 Å². The Kier molecular flexibility index (Phi) is 6.62. The molecule has 1 amide bonds. The Balaban J connectivity index is 2.01. The highest BCUT2D eigenvalue weighted by atomic mass is 19.1. The third-order valence-corrected chi connectivity index (χ3v) is 5.66. The summed E-state index contributed by atoms with van der Waals surface area (Å²) in [4.78, 5) is 40.3. The fourth-order valence-corrected chi connectivity index (χ4v) is 3.79. The minimum Gasteiger partial charge on any atom is -0.464 e. The van der Waals surface area contributed by atoms with Crippen molar-refractivity contribution in [2.45, 2.75) is 33.4 Å². The molecule has 8 heteroatoms. The molecule has 0 saturated heterocycles. The van der Waals surface area contributed by atoms with Gasteiger partial charge < -0.3 is 18.6 Å². The van der Waals surface area contributed by atoms with Crippen LogP contribution in [0.25, 0.3) is 0 Å². The zero-order valence-corrected chi connectivity index (χ0v) is 18.6. The molecule has 1 aromatic carbocycles. The zero-order chi connectivity index (χ0) is 23.6. The number of nitrogens with zero attached hydrogens (tertiary/aromatic N) is 2. The van der Waals surface area contributed by atoms with E-state index in [9.17, 15) is 18.8 Å². The predicted octanol–water partition coefficient (Wildman–Crippen LogP) is 4.07. The number of carbonyl (C=O) groups is 3. The molecule has 32 heavy (non-hydrogen) atoms. The molecule has 0 radical (unpaired) electrons. The minimum absolute atomic E-state index is 0.0709. The second-order valence-electron chi connectivity index (χ2n) is 7.56. The summed E-state index contributed by atoms with van der Waals surface area (Å²) in [5.74, 6) is -1.65. The Bertz CT molecular complexity index is 1150. The van der Waals surface area contributed by atoms with Crippen LogP contribution in [-0.4, -0.2) is 40.3 Å². The lowest BCUT2D eigenvalue weighted by Gasteiger charge is -2.28. The van der Waals surface area contributed by atoms with E-state index in [1.165, 1.54) is 36.5 Å². The van der Waals surface area contributed by atoms with Gasteiger partial charge in [0, 0.05) is 24.8 Å². The summed E-state index contributed by atoms with van der Waals surface area (Å²) >= 11 is 0. The van der Waals surface area contributed by atoms with Crippen molar-refractivity contribution in [1.29, 1.82) is 0 Å². The van der Waals surface area contributed by atoms with Gasteiger partial charge in [-0.1, -0.05) is 12.1 Å². The highest BCUT2D eigenvalue weighted by Crippen LogP contribution is 2.26. The van der Waals surface area contributed by atoms with E-state index in [-0.39, 0.29) is 23.8 Å². The summed E-state index contributed by atoms with van der Waals surface area (Å²) in [6.45, 7) is 5.10. The van der Waals surface area contributed by atoms with E-state index >= 15 is 0 Å². The molecule has 7 nitrogen and oxygen atoms in total. The van der Waals surface area contributed by atoms with Crippen LogP contribution in [0.15, 0.2) is 47.1 Å². The number of amides is 1. The van der Waals surface area contributed by atoms with Gasteiger partial charge in [-0.25, -0.2) is 9.18 Å². The number of Topliss-reactive ketones (excluding diaryl/α,β-unsaturated/α-hetero) is 1. The van der Waals surface area contributed by atoms with Gasteiger partial charge in [-0.15, -0.1) is 0 Å². The standard InChI is InChI=1S/C24H25FN2O5/c1-14-20(15(2)26(4)21(14)24(30)31-5)22(28)16(3)27(23(29)19-7-6-12-32-19)13-17-8-10-18(25)11-9-17/h6-12,16H,13H2,1-5H3. The average Bonchev–Trinajstić information content (AvgIpc) is 3.39. The maximum absolute atomic E-state index is 13.6. The zero-order valence-electron chi connectivity index (χ0n) is 18.6. The van der Waals surface area contributed by atoms with Crippen LogP contribution in [0.5, 0.6) is 0 Å². The molecule has 2 aromatic heterocycles. The Morgan fingerprint density at radius 2 is 1.81 bits per heavy atom. The number of halogens is 1. The molecular weight excluding hydrogens is 415 g/mol. The number of furan rings is 1. The topological polar surface area (TPSA) is 81.8 Å². The van der Waals surface area contributed by atoms with E-state index in [4.69, 9.17) is 9.15 Å². The third-order valence-electron chi connectivity index (χ3n) is 5.66. The first kappa shape index (κ1) is 23.0. The van der Waals surface area contributed by atoms with Gasteiger partial charge in [0.2, 0.25) is 0 Å². The molecule has 2 heterocycles. The number of ketones is 1. The van der Waals surface area contributed by atoms with E-state index in [0.29, 0.717) is 22.4 Å². The van der Waals surface area contributed by atoms with Gasteiger partial charge in [0.1, 0.15) is 11.5 Å². The Morgan fingerprint density at radius 1 is 1.16 bits per heavy atom. The number of rotatable bonds is 7.